The van der Waals surface area contributed by atoms with Crippen LogP contribution in [0.3, 0.4) is 0 Å². The van der Waals surface area contributed by atoms with Gasteiger partial charge in [0.05, 0.1) is 11.3 Å². The monoisotopic (exact) mass is 312 g/mol. The minimum Gasteiger partial charge on any atom is -0.508 e. The van der Waals surface area contributed by atoms with E-state index in [2.05, 4.69) is 10.5 Å². The van der Waals surface area contributed by atoms with Crippen molar-refractivity contribution in [3.05, 3.63) is 59.7 Å². The number of aromatic hydroxyl groups is 2. The van der Waals surface area contributed by atoms with E-state index in [1.807, 2.05) is 45.0 Å². The van der Waals surface area contributed by atoms with Gasteiger partial charge in [0, 0.05) is 11.1 Å². The molecule has 0 aromatic heterocycles. The van der Waals surface area contributed by atoms with E-state index in [0.717, 1.165) is 23.3 Å². The molecule has 0 aliphatic rings. The van der Waals surface area contributed by atoms with Crippen LogP contribution in [0.25, 0.3) is 0 Å². The Morgan fingerprint density at radius 3 is 2.17 bits per heavy atom. The summed E-state index contributed by atoms with van der Waals surface area (Å²) in [6.45, 7) is 6.04. The highest BCUT2D eigenvalue weighted by atomic mass is 16.3. The molecule has 0 aliphatic heterocycles. The third-order valence-corrected chi connectivity index (χ3v) is 4.19. The van der Waals surface area contributed by atoms with E-state index in [0.29, 0.717) is 6.42 Å². The maximum absolute atomic E-state index is 10.1. The van der Waals surface area contributed by atoms with Gasteiger partial charge in [0.15, 0.2) is 0 Å². The van der Waals surface area contributed by atoms with Gasteiger partial charge in [-0.15, -0.1) is 0 Å². The van der Waals surface area contributed by atoms with Gasteiger partial charge >= 0.3 is 0 Å². The molecule has 4 heteroatoms. The predicted molar refractivity (Wildman–Crippen MR) is 93.8 cm³/mol. The quantitative estimate of drug-likeness (QED) is 0.555. The van der Waals surface area contributed by atoms with Crippen LogP contribution in [0.2, 0.25) is 0 Å². The van der Waals surface area contributed by atoms with Crippen LogP contribution < -0.4 is 5.43 Å². The Labute approximate surface area is 137 Å². The van der Waals surface area contributed by atoms with Gasteiger partial charge in [0.25, 0.3) is 0 Å². The average molecular weight is 312 g/mol. The summed E-state index contributed by atoms with van der Waals surface area (Å²) in [6.07, 6.45) is 1.44. The zero-order valence-corrected chi connectivity index (χ0v) is 13.9. The van der Waals surface area contributed by atoms with Crippen molar-refractivity contribution in [2.24, 2.45) is 5.10 Å². The smallest absolute Gasteiger partial charge is 0.124 e. The number of nitrogens with zero attached hydrogens (tertiary/aromatic N) is 1. The second-order valence-electron chi connectivity index (χ2n) is 5.74. The summed E-state index contributed by atoms with van der Waals surface area (Å²) in [6, 6.07) is 14.5. The van der Waals surface area contributed by atoms with Gasteiger partial charge < -0.3 is 10.2 Å². The number of hydrazone groups is 1. The predicted octanol–water partition coefficient (Wildman–Crippen LogP) is 4.13. The summed E-state index contributed by atoms with van der Waals surface area (Å²) in [5, 5.41) is 24.7. The number of phenols is 2. The van der Waals surface area contributed by atoms with Crippen LogP contribution in [0.15, 0.2) is 53.6 Å². The zero-order valence-electron chi connectivity index (χ0n) is 13.9. The molecular formula is C19H24N2O2. The minimum absolute atomic E-state index is 0.218. The van der Waals surface area contributed by atoms with E-state index in [1.54, 1.807) is 24.3 Å². The highest BCUT2D eigenvalue weighted by Gasteiger charge is 2.27. The van der Waals surface area contributed by atoms with Gasteiger partial charge in [0.1, 0.15) is 11.5 Å². The van der Waals surface area contributed by atoms with Gasteiger partial charge in [-0.1, -0.05) is 44.2 Å². The van der Waals surface area contributed by atoms with E-state index < -0.39 is 5.54 Å². The normalized spacial score (nSPS) is 14.3. The van der Waals surface area contributed by atoms with Gasteiger partial charge in [-0.2, -0.15) is 5.10 Å². The van der Waals surface area contributed by atoms with Crippen molar-refractivity contribution in [3.63, 3.8) is 0 Å². The van der Waals surface area contributed by atoms with Crippen molar-refractivity contribution < 1.29 is 10.2 Å². The third kappa shape index (κ3) is 3.65. The first-order valence-electron chi connectivity index (χ1n) is 7.92. The zero-order chi connectivity index (χ0) is 16.9. The van der Waals surface area contributed by atoms with Crippen molar-refractivity contribution in [2.45, 2.75) is 39.2 Å². The molecule has 0 radical (unpaired) electrons. The summed E-state index contributed by atoms with van der Waals surface area (Å²) >= 11 is 0. The molecule has 0 saturated heterocycles. The number of benzene rings is 2. The molecule has 4 nitrogen and oxygen atoms in total. The molecule has 1 atom stereocenters. The standard InChI is InChI=1S/C19H24N2O2/c1-4-16(14-10-6-8-12-17(14)22)20-21-19(3,5-2)15-11-7-9-13-18(15)23/h6-13,21-23H,4-5H2,1-3H3/b20-16+. The van der Waals surface area contributed by atoms with Crippen molar-refractivity contribution >= 4 is 5.71 Å². The molecule has 122 valence electrons. The molecule has 1 unspecified atom stereocenters. The Bertz CT molecular complexity index is 697. The van der Waals surface area contributed by atoms with Gasteiger partial charge in [0.2, 0.25) is 0 Å². The Hall–Kier alpha value is -2.49. The summed E-state index contributed by atoms with van der Waals surface area (Å²) in [5.74, 6) is 0.468. The fourth-order valence-corrected chi connectivity index (χ4v) is 2.51. The molecule has 2 aromatic rings. The first-order valence-corrected chi connectivity index (χ1v) is 7.92. The van der Waals surface area contributed by atoms with Crippen LogP contribution >= 0.6 is 0 Å². The van der Waals surface area contributed by atoms with E-state index in [-0.39, 0.29) is 11.5 Å². The Balaban J connectivity index is 2.34. The molecular weight excluding hydrogens is 288 g/mol. The van der Waals surface area contributed by atoms with E-state index in [4.69, 9.17) is 0 Å². The summed E-state index contributed by atoms with van der Waals surface area (Å²) in [4.78, 5) is 0. The average Bonchev–Trinajstić information content (AvgIpc) is 2.57. The van der Waals surface area contributed by atoms with Crippen LogP contribution in [0.1, 0.15) is 44.7 Å². The maximum Gasteiger partial charge on any atom is 0.124 e. The summed E-state index contributed by atoms with van der Waals surface area (Å²) in [5.41, 5.74) is 5.01. The fraction of sp³-hybridized carbons (Fsp3) is 0.316. The SMILES string of the molecule is CC/C(=N\NC(C)(CC)c1ccccc1O)c1ccccc1O. The Morgan fingerprint density at radius 2 is 1.61 bits per heavy atom. The van der Waals surface area contributed by atoms with Crippen LogP contribution in [0.4, 0.5) is 0 Å². The Kier molecular flexibility index (Phi) is 5.27. The molecule has 0 heterocycles. The molecule has 0 aliphatic carbocycles. The van der Waals surface area contributed by atoms with Crippen LogP contribution in [-0.2, 0) is 5.54 Å². The van der Waals surface area contributed by atoms with Crippen LogP contribution in [0.5, 0.6) is 11.5 Å². The highest BCUT2D eigenvalue weighted by Crippen LogP contribution is 2.31. The van der Waals surface area contributed by atoms with Crippen molar-refractivity contribution in [3.8, 4) is 11.5 Å². The molecule has 2 aromatic carbocycles. The number of hydrogen-bond donors (Lipinski definition) is 3. The number of nitrogens with one attached hydrogen (secondary N) is 1. The van der Waals surface area contributed by atoms with Crippen LogP contribution in [0, 0.1) is 0 Å². The van der Waals surface area contributed by atoms with Gasteiger partial charge in [-0.3, -0.25) is 5.43 Å². The summed E-state index contributed by atoms with van der Waals surface area (Å²) in [7, 11) is 0. The van der Waals surface area contributed by atoms with E-state index >= 15 is 0 Å². The first-order chi connectivity index (χ1) is 11.0. The van der Waals surface area contributed by atoms with E-state index in [1.165, 1.54) is 0 Å². The lowest BCUT2D eigenvalue weighted by atomic mass is 9.89. The highest BCUT2D eigenvalue weighted by molar-refractivity contribution is 6.02. The van der Waals surface area contributed by atoms with Gasteiger partial charge in [-0.05, 0) is 38.0 Å². The molecule has 0 saturated carbocycles. The number of phenolic OH excluding ortho intramolecular Hbond substituents is 2. The number of rotatable bonds is 6. The molecule has 0 spiro atoms. The third-order valence-electron chi connectivity index (χ3n) is 4.19. The second-order valence-corrected chi connectivity index (χ2v) is 5.74. The number of hydrogen-bond acceptors (Lipinski definition) is 4. The first kappa shape index (κ1) is 16.9. The molecule has 23 heavy (non-hydrogen) atoms. The van der Waals surface area contributed by atoms with Crippen molar-refractivity contribution in [1.82, 2.24) is 5.43 Å². The largest absolute Gasteiger partial charge is 0.508 e. The topological polar surface area (TPSA) is 64.9 Å². The maximum atomic E-state index is 10.1. The fourth-order valence-electron chi connectivity index (χ4n) is 2.51. The summed E-state index contributed by atoms with van der Waals surface area (Å²) < 4.78 is 0. The van der Waals surface area contributed by atoms with Gasteiger partial charge in [-0.25, -0.2) is 0 Å². The molecule has 0 fully saturated rings. The minimum atomic E-state index is -0.490. The second kappa shape index (κ2) is 7.18. The Morgan fingerprint density at radius 1 is 1.00 bits per heavy atom. The lowest BCUT2D eigenvalue weighted by Gasteiger charge is -2.29. The lowest BCUT2D eigenvalue weighted by Crippen LogP contribution is -2.36. The number of para-hydroxylation sites is 2. The van der Waals surface area contributed by atoms with Crippen LogP contribution in [-0.4, -0.2) is 15.9 Å². The van der Waals surface area contributed by atoms with Crippen molar-refractivity contribution in [2.75, 3.05) is 0 Å². The van der Waals surface area contributed by atoms with Crippen molar-refractivity contribution in [1.29, 1.82) is 0 Å². The van der Waals surface area contributed by atoms with E-state index in [9.17, 15) is 10.2 Å². The molecule has 0 amide bonds. The lowest BCUT2D eigenvalue weighted by molar-refractivity contribution is 0.343. The molecule has 3 N–H and O–H groups in total. The molecule has 0 bridgehead atoms. The molecule has 2 rings (SSSR count).